The van der Waals surface area contributed by atoms with Crippen LogP contribution < -0.4 is 0 Å². The van der Waals surface area contributed by atoms with Crippen LogP contribution in [0.15, 0.2) is 12.4 Å². The lowest BCUT2D eigenvalue weighted by Crippen LogP contribution is -2.06. The topological polar surface area (TPSA) is 60.9 Å². The summed E-state index contributed by atoms with van der Waals surface area (Å²) in [6.07, 6.45) is 2.41. The standard InChI is InChI=1S/C16H14F2N6S/c1-8-5-10(14(17)18)21-23(8)6-12-20-15-13-9-3-2-4-11(9)25-16(13)19-7-24(15)22-12/h5,7,14H,2-4,6H2,1H3. The van der Waals surface area contributed by atoms with Gasteiger partial charge in [-0.05, 0) is 37.8 Å². The molecule has 4 heterocycles. The zero-order valence-electron chi connectivity index (χ0n) is 13.4. The second-order valence-electron chi connectivity index (χ2n) is 6.25. The number of hydrogen-bond acceptors (Lipinski definition) is 5. The number of rotatable bonds is 3. The maximum atomic E-state index is 12.8. The maximum absolute atomic E-state index is 12.8. The van der Waals surface area contributed by atoms with Crippen molar-refractivity contribution in [1.82, 2.24) is 29.4 Å². The first-order chi connectivity index (χ1) is 12.1. The number of alkyl halides is 2. The molecule has 128 valence electrons. The van der Waals surface area contributed by atoms with Gasteiger partial charge in [-0.3, -0.25) is 4.68 Å². The van der Waals surface area contributed by atoms with E-state index in [1.807, 2.05) is 0 Å². The zero-order chi connectivity index (χ0) is 17.1. The van der Waals surface area contributed by atoms with E-state index < -0.39 is 6.43 Å². The highest BCUT2D eigenvalue weighted by atomic mass is 32.1. The van der Waals surface area contributed by atoms with Gasteiger partial charge in [0.05, 0.1) is 5.39 Å². The summed E-state index contributed by atoms with van der Waals surface area (Å²) in [5.74, 6) is 0.541. The lowest BCUT2D eigenvalue weighted by Gasteiger charge is -1.99. The number of halogens is 2. The summed E-state index contributed by atoms with van der Waals surface area (Å²) >= 11 is 1.73. The highest BCUT2D eigenvalue weighted by Crippen LogP contribution is 2.37. The molecular formula is C16H14F2N6S. The van der Waals surface area contributed by atoms with Gasteiger partial charge in [0.1, 0.15) is 23.4 Å². The Hall–Kier alpha value is -2.42. The van der Waals surface area contributed by atoms with Crippen molar-refractivity contribution in [2.75, 3.05) is 0 Å². The molecule has 1 aliphatic carbocycles. The Labute approximate surface area is 145 Å². The van der Waals surface area contributed by atoms with Crippen LogP contribution in [0.25, 0.3) is 15.9 Å². The van der Waals surface area contributed by atoms with E-state index in [-0.39, 0.29) is 12.2 Å². The number of hydrogen-bond donors (Lipinski definition) is 0. The van der Waals surface area contributed by atoms with Gasteiger partial charge < -0.3 is 0 Å². The van der Waals surface area contributed by atoms with Gasteiger partial charge >= 0.3 is 0 Å². The monoisotopic (exact) mass is 360 g/mol. The summed E-state index contributed by atoms with van der Waals surface area (Å²) in [5.41, 5.74) is 2.57. The van der Waals surface area contributed by atoms with Crippen LogP contribution in [0, 0.1) is 6.92 Å². The fourth-order valence-electron chi connectivity index (χ4n) is 3.44. The highest BCUT2D eigenvalue weighted by molar-refractivity contribution is 7.19. The van der Waals surface area contributed by atoms with E-state index in [0.29, 0.717) is 11.5 Å². The molecule has 0 saturated carbocycles. The third-order valence-corrected chi connectivity index (χ3v) is 5.80. The Kier molecular flexibility index (Phi) is 3.15. The summed E-state index contributed by atoms with van der Waals surface area (Å²) in [6, 6.07) is 1.39. The summed E-state index contributed by atoms with van der Waals surface area (Å²) in [4.78, 5) is 11.5. The lowest BCUT2D eigenvalue weighted by atomic mass is 10.2. The van der Waals surface area contributed by atoms with Crippen LogP contribution in [0.4, 0.5) is 8.78 Å². The molecule has 0 unspecified atom stereocenters. The van der Waals surface area contributed by atoms with Gasteiger partial charge in [0.25, 0.3) is 6.43 Å². The van der Waals surface area contributed by atoms with Gasteiger partial charge in [0.15, 0.2) is 11.5 Å². The summed E-state index contributed by atoms with van der Waals surface area (Å²) < 4.78 is 28.8. The zero-order valence-corrected chi connectivity index (χ0v) is 14.2. The second-order valence-corrected chi connectivity index (χ2v) is 7.33. The van der Waals surface area contributed by atoms with Crippen molar-refractivity contribution in [3.63, 3.8) is 0 Å². The van der Waals surface area contributed by atoms with E-state index in [2.05, 4.69) is 20.2 Å². The van der Waals surface area contributed by atoms with Crippen LogP contribution in [0.3, 0.4) is 0 Å². The van der Waals surface area contributed by atoms with E-state index in [1.165, 1.54) is 27.6 Å². The minimum absolute atomic E-state index is 0.221. The molecule has 1 aliphatic rings. The Bertz CT molecular complexity index is 1110. The predicted octanol–water partition coefficient (Wildman–Crippen LogP) is 3.32. The first-order valence-corrected chi connectivity index (χ1v) is 8.89. The van der Waals surface area contributed by atoms with Crippen molar-refractivity contribution in [3.05, 3.63) is 40.0 Å². The minimum atomic E-state index is -2.58. The van der Waals surface area contributed by atoms with Crippen molar-refractivity contribution in [3.8, 4) is 0 Å². The van der Waals surface area contributed by atoms with Gasteiger partial charge in [0, 0.05) is 10.6 Å². The Morgan fingerprint density at radius 3 is 2.96 bits per heavy atom. The van der Waals surface area contributed by atoms with Gasteiger partial charge in [0.2, 0.25) is 0 Å². The second kappa shape index (κ2) is 5.29. The number of nitrogens with zero attached hydrogens (tertiary/aromatic N) is 6. The van der Waals surface area contributed by atoms with E-state index in [1.54, 1.807) is 29.1 Å². The van der Waals surface area contributed by atoms with Crippen molar-refractivity contribution >= 4 is 27.2 Å². The Morgan fingerprint density at radius 1 is 1.28 bits per heavy atom. The third-order valence-electron chi connectivity index (χ3n) is 4.60. The SMILES string of the molecule is Cc1cc(C(F)F)nn1Cc1nc2c3c4c(sc3ncn2n1)CCC4. The largest absolute Gasteiger partial charge is 0.282 e. The maximum Gasteiger partial charge on any atom is 0.282 e. The van der Waals surface area contributed by atoms with Crippen molar-refractivity contribution in [1.29, 1.82) is 0 Å². The third kappa shape index (κ3) is 2.25. The van der Waals surface area contributed by atoms with Crippen LogP contribution in [0.2, 0.25) is 0 Å². The molecule has 5 rings (SSSR count). The molecule has 0 aromatic carbocycles. The quantitative estimate of drug-likeness (QED) is 0.562. The average molecular weight is 360 g/mol. The predicted molar refractivity (Wildman–Crippen MR) is 89.2 cm³/mol. The lowest BCUT2D eigenvalue weighted by molar-refractivity contribution is 0.145. The van der Waals surface area contributed by atoms with Gasteiger partial charge in [-0.25, -0.2) is 23.3 Å². The Morgan fingerprint density at radius 2 is 2.16 bits per heavy atom. The fourth-order valence-corrected chi connectivity index (χ4v) is 4.66. The highest BCUT2D eigenvalue weighted by Gasteiger charge is 2.22. The smallest absolute Gasteiger partial charge is 0.262 e. The first-order valence-electron chi connectivity index (χ1n) is 8.07. The molecule has 9 heteroatoms. The molecule has 0 atom stereocenters. The molecule has 4 aromatic heterocycles. The van der Waals surface area contributed by atoms with E-state index >= 15 is 0 Å². The van der Waals surface area contributed by atoms with Crippen LogP contribution in [-0.4, -0.2) is 29.4 Å². The molecule has 0 bridgehead atoms. The summed E-state index contributed by atoms with van der Waals surface area (Å²) in [5, 5.41) is 9.49. The van der Waals surface area contributed by atoms with Crippen LogP contribution in [0.5, 0.6) is 0 Å². The molecule has 25 heavy (non-hydrogen) atoms. The molecule has 0 radical (unpaired) electrons. The molecule has 6 nitrogen and oxygen atoms in total. The Balaban J connectivity index is 1.60. The van der Waals surface area contributed by atoms with Gasteiger partial charge in [-0.15, -0.1) is 16.4 Å². The summed E-state index contributed by atoms with van der Waals surface area (Å²) in [6.45, 7) is 2.01. The molecule has 0 aliphatic heterocycles. The number of fused-ring (bicyclic) bond motifs is 5. The van der Waals surface area contributed by atoms with Gasteiger partial charge in [-0.1, -0.05) is 0 Å². The van der Waals surface area contributed by atoms with Crippen LogP contribution in [0.1, 0.15) is 40.5 Å². The normalized spacial score (nSPS) is 14.2. The molecule has 0 fully saturated rings. The first kappa shape index (κ1) is 14.9. The molecular weight excluding hydrogens is 346 g/mol. The van der Waals surface area contributed by atoms with E-state index in [4.69, 9.17) is 0 Å². The summed E-state index contributed by atoms with van der Waals surface area (Å²) in [7, 11) is 0. The molecule has 0 amide bonds. The number of aromatic nitrogens is 6. The van der Waals surface area contributed by atoms with Crippen LogP contribution in [-0.2, 0) is 19.4 Å². The van der Waals surface area contributed by atoms with E-state index in [0.717, 1.165) is 28.7 Å². The fraction of sp³-hybridized carbons (Fsp3) is 0.375. The van der Waals surface area contributed by atoms with Crippen LogP contribution >= 0.6 is 11.3 Å². The molecule has 4 aromatic rings. The average Bonchev–Trinajstić information content (AvgIpc) is 3.29. The van der Waals surface area contributed by atoms with Crippen molar-refractivity contribution < 1.29 is 8.78 Å². The van der Waals surface area contributed by atoms with Gasteiger partial charge in [-0.2, -0.15) is 5.10 Å². The molecule has 0 saturated heterocycles. The molecule has 0 N–H and O–H groups in total. The minimum Gasteiger partial charge on any atom is -0.262 e. The number of thiophene rings is 1. The van der Waals surface area contributed by atoms with Crippen molar-refractivity contribution in [2.24, 2.45) is 0 Å². The number of aryl methyl sites for hydroxylation is 3. The molecule has 0 spiro atoms. The van der Waals surface area contributed by atoms with Crippen molar-refractivity contribution in [2.45, 2.75) is 39.2 Å². The van der Waals surface area contributed by atoms with E-state index in [9.17, 15) is 8.78 Å².